The molecule has 4 nitrogen and oxygen atoms in total. The summed E-state index contributed by atoms with van der Waals surface area (Å²) in [5.74, 6) is 3.25. The van der Waals surface area contributed by atoms with Gasteiger partial charge in [-0.25, -0.2) is 0 Å². The molecule has 2 aliphatic rings. The Bertz CT molecular complexity index is 1890. The topological polar surface area (TPSA) is 47.9 Å². The number of fused-ring (bicyclic) bond motifs is 2. The summed E-state index contributed by atoms with van der Waals surface area (Å²) in [6, 6.07) is 5.96. The van der Waals surface area contributed by atoms with Gasteiger partial charge in [0, 0.05) is 5.56 Å². The van der Waals surface area contributed by atoms with Gasteiger partial charge in [-0.1, -0.05) is 69.9 Å². The van der Waals surface area contributed by atoms with E-state index in [1.807, 2.05) is 6.92 Å². The molecule has 2 aromatic rings. The zero-order chi connectivity index (χ0) is 42.5. The molecule has 2 aliphatic heterocycles. The minimum atomic E-state index is -0.271. The molecule has 0 fully saturated rings. The van der Waals surface area contributed by atoms with Gasteiger partial charge < -0.3 is 19.3 Å². The van der Waals surface area contributed by atoms with Crippen LogP contribution in [0.3, 0.4) is 0 Å². The van der Waals surface area contributed by atoms with Crippen LogP contribution in [0.1, 0.15) is 181 Å². The first-order chi connectivity index (χ1) is 27.5. The molecule has 0 aromatic heterocycles. The standard InChI is InChI=1S/C54H78O4/c1-38(2)19-13-21-40(5)23-15-25-42(7)27-17-31-53(11)33-29-46-37-47(35-44(9)50(46)57-53)56-52-48-30-34-54(12,58-51(48)45(10)36-49(52)55)32-18-28-43(8)26-16-24-41(6)22-14-20-39(3)4/h19-20,23-24,27-28,35-37,55H,13-18,21-22,25-26,29-34H2,1-12H3/b40-23+,41-24+,42-27+,43-28+/t53-,54+/m0/s1. The predicted octanol–water partition coefficient (Wildman–Crippen LogP) is 16.4. The first-order valence-electron chi connectivity index (χ1n) is 22.4. The highest BCUT2D eigenvalue weighted by Gasteiger charge is 2.36. The summed E-state index contributed by atoms with van der Waals surface area (Å²) >= 11 is 0. The fraction of sp³-hybridized carbons (Fsp3) is 0.556. The monoisotopic (exact) mass is 791 g/mol. The largest absolute Gasteiger partial charge is 0.504 e. The Balaban J connectivity index is 1.33. The highest BCUT2D eigenvalue weighted by molar-refractivity contribution is 5.60. The smallest absolute Gasteiger partial charge is 0.175 e. The van der Waals surface area contributed by atoms with E-state index < -0.39 is 0 Å². The van der Waals surface area contributed by atoms with Crippen molar-refractivity contribution in [2.75, 3.05) is 0 Å². The fourth-order valence-electron chi connectivity index (χ4n) is 8.30. The first kappa shape index (κ1) is 46.8. The van der Waals surface area contributed by atoms with E-state index in [2.05, 4.69) is 125 Å². The van der Waals surface area contributed by atoms with Crippen LogP contribution in [0.4, 0.5) is 0 Å². The molecule has 2 atom stereocenters. The molecule has 2 heterocycles. The van der Waals surface area contributed by atoms with E-state index in [4.69, 9.17) is 14.2 Å². The van der Waals surface area contributed by atoms with Gasteiger partial charge in [0.1, 0.15) is 28.5 Å². The lowest BCUT2D eigenvalue weighted by molar-refractivity contribution is 0.0550. The number of phenols is 1. The summed E-state index contributed by atoms with van der Waals surface area (Å²) in [5, 5.41) is 11.2. The van der Waals surface area contributed by atoms with Crippen molar-refractivity contribution in [3.8, 4) is 28.7 Å². The van der Waals surface area contributed by atoms with Gasteiger partial charge in [-0.3, -0.25) is 0 Å². The molecule has 0 radical (unpaired) electrons. The highest BCUT2D eigenvalue weighted by atomic mass is 16.5. The van der Waals surface area contributed by atoms with Crippen LogP contribution in [-0.2, 0) is 12.8 Å². The summed E-state index contributed by atoms with van der Waals surface area (Å²) in [7, 11) is 0. The van der Waals surface area contributed by atoms with Crippen LogP contribution in [0.15, 0.2) is 88.1 Å². The first-order valence-corrected chi connectivity index (χ1v) is 22.4. The van der Waals surface area contributed by atoms with Gasteiger partial charge in [0.25, 0.3) is 0 Å². The van der Waals surface area contributed by atoms with Crippen LogP contribution >= 0.6 is 0 Å². The fourth-order valence-corrected chi connectivity index (χ4v) is 8.30. The molecule has 0 spiro atoms. The number of phenolic OH excluding ortho intramolecular Hbond substituents is 1. The zero-order valence-corrected chi connectivity index (χ0v) is 38.7. The second kappa shape index (κ2) is 21.9. The number of rotatable bonds is 20. The lowest BCUT2D eigenvalue weighted by Crippen LogP contribution is -2.36. The summed E-state index contributed by atoms with van der Waals surface area (Å²) in [4.78, 5) is 0. The average molecular weight is 791 g/mol. The van der Waals surface area contributed by atoms with Crippen LogP contribution in [0.25, 0.3) is 0 Å². The van der Waals surface area contributed by atoms with E-state index in [1.54, 1.807) is 6.07 Å². The number of hydrogen-bond donors (Lipinski definition) is 1. The van der Waals surface area contributed by atoms with Gasteiger partial charge >= 0.3 is 0 Å². The quantitative estimate of drug-likeness (QED) is 0.136. The van der Waals surface area contributed by atoms with Crippen molar-refractivity contribution in [1.29, 1.82) is 0 Å². The van der Waals surface area contributed by atoms with Gasteiger partial charge in [-0.05, 0) is 221 Å². The summed E-state index contributed by atoms with van der Waals surface area (Å²) in [6.07, 6.45) is 30.8. The Labute approximate surface area is 354 Å². The van der Waals surface area contributed by atoms with Crippen LogP contribution in [-0.4, -0.2) is 16.3 Å². The molecule has 0 unspecified atom stereocenters. The number of hydrogen-bond acceptors (Lipinski definition) is 4. The second-order valence-corrected chi connectivity index (χ2v) is 18.8. The molecule has 4 rings (SSSR count). The van der Waals surface area contributed by atoms with E-state index in [0.717, 1.165) is 137 Å². The van der Waals surface area contributed by atoms with Crippen LogP contribution in [0.2, 0.25) is 0 Å². The van der Waals surface area contributed by atoms with Crippen molar-refractivity contribution < 1.29 is 19.3 Å². The molecule has 1 N–H and O–H groups in total. The molecule has 0 amide bonds. The van der Waals surface area contributed by atoms with Crippen molar-refractivity contribution in [3.05, 3.63) is 110 Å². The van der Waals surface area contributed by atoms with Crippen LogP contribution in [0.5, 0.6) is 28.7 Å². The molecule has 4 heteroatoms. The lowest BCUT2D eigenvalue weighted by Gasteiger charge is -2.38. The maximum atomic E-state index is 11.2. The molecule has 0 saturated carbocycles. The van der Waals surface area contributed by atoms with Crippen molar-refractivity contribution >= 4 is 0 Å². The molecule has 58 heavy (non-hydrogen) atoms. The number of ether oxygens (including phenoxy) is 3. The van der Waals surface area contributed by atoms with Crippen molar-refractivity contribution in [2.24, 2.45) is 0 Å². The molecule has 0 saturated heterocycles. The van der Waals surface area contributed by atoms with Crippen molar-refractivity contribution in [1.82, 2.24) is 0 Å². The van der Waals surface area contributed by atoms with Crippen LogP contribution in [0, 0.1) is 13.8 Å². The summed E-state index contributed by atoms with van der Waals surface area (Å²) in [5.41, 5.74) is 12.3. The zero-order valence-electron chi connectivity index (χ0n) is 38.7. The van der Waals surface area contributed by atoms with E-state index in [9.17, 15) is 5.11 Å². The minimum Gasteiger partial charge on any atom is -0.504 e. The third-order valence-electron chi connectivity index (χ3n) is 12.1. The van der Waals surface area contributed by atoms with Gasteiger partial charge in [-0.15, -0.1) is 0 Å². The van der Waals surface area contributed by atoms with E-state index in [1.165, 1.54) is 39.0 Å². The molecule has 0 aliphatic carbocycles. The summed E-state index contributed by atoms with van der Waals surface area (Å²) < 4.78 is 20.2. The normalized spacial score (nSPS) is 19.8. The van der Waals surface area contributed by atoms with E-state index >= 15 is 0 Å². The number of aryl methyl sites for hydroxylation is 3. The van der Waals surface area contributed by atoms with E-state index in [0.29, 0.717) is 5.75 Å². The van der Waals surface area contributed by atoms with E-state index in [-0.39, 0.29) is 17.0 Å². The highest BCUT2D eigenvalue weighted by Crippen LogP contribution is 2.49. The van der Waals surface area contributed by atoms with Gasteiger partial charge in [0.15, 0.2) is 11.5 Å². The summed E-state index contributed by atoms with van der Waals surface area (Å²) in [6.45, 7) is 26.3. The SMILES string of the molecule is CC(C)=CCC/C(C)=C/CC/C(C)=C/CC[C@@]1(C)CCc2cc(Oc3c(O)cc(C)c4c3CC[C@@](C)(CC/C=C(\C)CC/C=C(\C)CCC=C(C)C)O4)cc(C)c2O1. The Morgan fingerprint density at radius 2 is 1.02 bits per heavy atom. The lowest BCUT2D eigenvalue weighted by atomic mass is 9.87. The maximum Gasteiger partial charge on any atom is 0.175 e. The molecule has 2 aromatic carbocycles. The molecule has 318 valence electrons. The van der Waals surface area contributed by atoms with Crippen molar-refractivity contribution in [3.63, 3.8) is 0 Å². The molecular weight excluding hydrogens is 713 g/mol. The maximum absolute atomic E-state index is 11.2. The van der Waals surface area contributed by atoms with Crippen molar-refractivity contribution in [2.45, 2.75) is 197 Å². The minimum absolute atomic E-state index is 0.163. The molecular formula is C54H78O4. The van der Waals surface area contributed by atoms with Gasteiger partial charge in [0.05, 0.1) is 0 Å². The number of allylic oxidation sites excluding steroid dienone is 12. The third kappa shape index (κ3) is 14.7. The van der Waals surface area contributed by atoms with Gasteiger partial charge in [0.2, 0.25) is 0 Å². The Morgan fingerprint density at radius 3 is 1.52 bits per heavy atom. The number of aromatic hydroxyl groups is 1. The average Bonchev–Trinajstić information content (AvgIpc) is 3.13. The third-order valence-corrected chi connectivity index (χ3v) is 12.1. The number of benzene rings is 2. The Hall–Kier alpha value is -3.92. The predicted molar refractivity (Wildman–Crippen MR) is 248 cm³/mol. The Kier molecular flexibility index (Phi) is 17.7. The van der Waals surface area contributed by atoms with Crippen LogP contribution < -0.4 is 14.2 Å². The van der Waals surface area contributed by atoms with Gasteiger partial charge in [-0.2, -0.15) is 0 Å². The Morgan fingerprint density at radius 1 is 0.586 bits per heavy atom. The second-order valence-electron chi connectivity index (χ2n) is 18.8. The molecule has 0 bridgehead atoms.